The standard InChI is InChI=1S/C20H30N2O3/c1-6-7-18(23)21-8-10-22(11-9-21)19(24)13-17-12-14(2)20(25-5)16(4)15(17)3/h12H,6-11,13H2,1-5H3. The first-order valence-corrected chi connectivity index (χ1v) is 9.08. The average molecular weight is 346 g/mol. The molecule has 1 aliphatic rings. The first-order chi connectivity index (χ1) is 11.9. The van der Waals surface area contributed by atoms with Crippen molar-refractivity contribution in [1.82, 2.24) is 9.80 Å². The van der Waals surface area contributed by atoms with Crippen molar-refractivity contribution in [1.29, 1.82) is 0 Å². The lowest BCUT2D eigenvalue weighted by Gasteiger charge is -2.35. The van der Waals surface area contributed by atoms with E-state index < -0.39 is 0 Å². The smallest absolute Gasteiger partial charge is 0.227 e. The van der Waals surface area contributed by atoms with Gasteiger partial charge >= 0.3 is 0 Å². The van der Waals surface area contributed by atoms with Gasteiger partial charge in [0.2, 0.25) is 11.8 Å². The van der Waals surface area contributed by atoms with Crippen molar-refractivity contribution in [3.63, 3.8) is 0 Å². The zero-order valence-corrected chi connectivity index (χ0v) is 16.1. The Morgan fingerprint density at radius 2 is 1.56 bits per heavy atom. The Hall–Kier alpha value is -2.04. The molecule has 2 rings (SSSR count). The third kappa shape index (κ3) is 4.33. The number of nitrogens with zero attached hydrogens (tertiary/aromatic N) is 2. The van der Waals surface area contributed by atoms with Crippen LogP contribution in [0.1, 0.15) is 42.0 Å². The van der Waals surface area contributed by atoms with Crippen molar-refractivity contribution in [2.45, 2.75) is 47.0 Å². The molecule has 1 aromatic carbocycles. The van der Waals surface area contributed by atoms with Gasteiger partial charge in [-0.05, 0) is 49.4 Å². The molecule has 5 heteroatoms. The number of piperazine rings is 1. The van der Waals surface area contributed by atoms with Crippen LogP contribution in [0.2, 0.25) is 0 Å². The topological polar surface area (TPSA) is 49.9 Å². The summed E-state index contributed by atoms with van der Waals surface area (Å²) in [5, 5.41) is 0. The number of hydrogen-bond acceptors (Lipinski definition) is 3. The van der Waals surface area contributed by atoms with Crippen LogP contribution in [0.15, 0.2) is 6.07 Å². The third-order valence-electron chi connectivity index (χ3n) is 5.13. The fourth-order valence-electron chi connectivity index (χ4n) is 3.49. The van der Waals surface area contributed by atoms with E-state index in [-0.39, 0.29) is 11.8 Å². The van der Waals surface area contributed by atoms with Crippen LogP contribution >= 0.6 is 0 Å². The Bertz CT molecular complexity index is 647. The quantitative estimate of drug-likeness (QED) is 0.823. The van der Waals surface area contributed by atoms with Crippen LogP contribution in [0.25, 0.3) is 0 Å². The van der Waals surface area contributed by atoms with Gasteiger partial charge in [0, 0.05) is 32.6 Å². The highest BCUT2D eigenvalue weighted by Crippen LogP contribution is 2.29. The second kappa shape index (κ2) is 8.37. The van der Waals surface area contributed by atoms with E-state index in [0.717, 1.165) is 34.4 Å². The summed E-state index contributed by atoms with van der Waals surface area (Å²) in [4.78, 5) is 28.4. The molecule has 1 aliphatic heterocycles. The Morgan fingerprint density at radius 1 is 1.00 bits per heavy atom. The van der Waals surface area contributed by atoms with Gasteiger partial charge in [0.05, 0.1) is 13.5 Å². The number of rotatable bonds is 5. The SMILES string of the molecule is CCCC(=O)N1CCN(C(=O)Cc2cc(C)c(OC)c(C)c2C)CC1. The normalized spacial score (nSPS) is 14.6. The fraction of sp³-hybridized carbons (Fsp3) is 0.600. The van der Waals surface area contributed by atoms with Gasteiger partial charge in [0.1, 0.15) is 5.75 Å². The molecular formula is C20H30N2O3. The maximum Gasteiger partial charge on any atom is 0.227 e. The average Bonchev–Trinajstić information content (AvgIpc) is 2.60. The summed E-state index contributed by atoms with van der Waals surface area (Å²) in [6, 6.07) is 2.06. The van der Waals surface area contributed by atoms with Gasteiger partial charge in [-0.15, -0.1) is 0 Å². The number of benzene rings is 1. The molecule has 1 fully saturated rings. The molecule has 5 nitrogen and oxygen atoms in total. The van der Waals surface area contributed by atoms with Gasteiger partial charge in [-0.1, -0.05) is 13.0 Å². The summed E-state index contributed by atoms with van der Waals surface area (Å²) in [6.07, 6.45) is 1.87. The number of ether oxygens (including phenoxy) is 1. The van der Waals surface area contributed by atoms with E-state index >= 15 is 0 Å². The molecule has 0 atom stereocenters. The molecule has 0 N–H and O–H groups in total. The lowest BCUT2D eigenvalue weighted by molar-refractivity contribution is -0.139. The lowest BCUT2D eigenvalue weighted by Crippen LogP contribution is -2.51. The van der Waals surface area contributed by atoms with Crippen LogP contribution in [-0.2, 0) is 16.0 Å². The second-order valence-corrected chi connectivity index (χ2v) is 6.82. The minimum absolute atomic E-state index is 0.134. The number of hydrogen-bond donors (Lipinski definition) is 0. The Kier molecular flexibility index (Phi) is 6.45. The highest BCUT2D eigenvalue weighted by molar-refractivity contribution is 5.80. The summed E-state index contributed by atoms with van der Waals surface area (Å²) in [7, 11) is 1.68. The molecule has 0 radical (unpaired) electrons. The van der Waals surface area contributed by atoms with Crippen molar-refractivity contribution < 1.29 is 14.3 Å². The second-order valence-electron chi connectivity index (χ2n) is 6.82. The van der Waals surface area contributed by atoms with Crippen molar-refractivity contribution >= 4 is 11.8 Å². The van der Waals surface area contributed by atoms with Crippen molar-refractivity contribution in [3.05, 3.63) is 28.3 Å². The molecule has 138 valence electrons. The summed E-state index contributed by atoms with van der Waals surface area (Å²) >= 11 is 0. The van der Waals surface area contributed by atoms with E-state index in [1.807, 2.05) is 37.5 Å². The maximum absolute atomic E-state index is 12.7. The lowest BCUT2D eigenvalue weighted by atomic mass is 9.96. The van der Waals surface area contributed by atoms with Gasteiger partial charge in [0.15, 0.2) is 0 Å². The predicted molar refractivity (Wildman–Crippen MR) is 99.0 cm³/mol. The summed E-state index contributed by atoms with van der Waals surface area (Å²) in [5.41, 5.74) is 4.33. The molecule has 25 heavy (non-hydrogen) atoms. The Morgan fingerprint density at radius 3 is 2.08 bits per heavy atom. The Balaban J connectivity index is 2.01. The van der Waals surface area contributed by atoms with E-state index in [1.165, 1.54) is 0 Å². The minimum atomic E-state index is 0.134. The monoisotopic (exact) mass is 346 g/mol. The number of methoxy groups -OCH3 is 1. The molecule has 1 heterocycles. The highest BCUT2D eigenvalue weighted by Gasteiger charge is 2.24. The fourth-order valence-corrected chi connectivity index (χ4v) is 3.49. The van der Waals surface area contributed by atoms with Crippen molar-refractivity contribution in [2.24, 2.45) is 0 Å². The minimum Gasteiger partial charge on any atom is -0.496 e. The van der Waals surface area contributed by atoms with Gasteiger partial charge in [-0.25, -0.2) is 0 Å². The molecule has 0 unspecified atom stereocenters. The molecule has 1 aromatic rings. The van der Waals surface area contributed by atoms with E-state index in [1.54, 1.807) is 7.11 Å². The third-order valence-corrected chi connectivity index (χ3v) is 5.13. The first-order valence-electron chi connectivity index (χ1n) is 9.08. The van der Waals surface area contributed by atoms with Gasteiger partial charge in [0.25, 0.3) is 0 Å². The zero-order chi connectivity index (χ0) is 18.6. The molecular weight excluding hydrogens is 316 g/mol. The van der Waals surface area contributed by atoms with Crippen LogP contribution in [-0.4, -0.2) is 54.9 Å². The zero-order valence-electron chi connectivity index (χ0n) is 16.1. The molecule has 0 spiro atoms. The van der Waals surface area contributed by atoms with E-state index in [2.05, 4.69) is 6.07 Å². The number of aryl methyl sites for hydroxylation is 1. The summed E-state index contributed by atoms with van der Waals surface area (Å²) in [6.45, 7) is 10.6. The van der Waals surface area contributed by atoms with E-state index in [9.17, 15) is 9.59 Å². The molecule has 0 saturated carbocycles. The highest BCUT2D eigenvalue weighted by atomic mass is 16.5. The van der Waals surface area contributed by atoms with Crippen LogP contribution in [0.3, 0.4) is 0 Å². The van der Waals surface area contributed by atoms with Gasteiger partial charge in [-0.2, -0.15) is 0 Å². The molecule has 0 bridgehead atoms. The molecule has 0 aromatic heterocycles. The van der Waals surface area contributed by atoms with Crippen LogP contribution in [0.5, 0.6) is 5.75 Å². The van der Waals surface area contributed by atoms with Crippen LogP contribution in [0, 0.1) is 20.8 Å². The number of carbonyl (C=O) groups excluding carboxylic acids is 2. The molecule has 1 saturated heterocycles. The van der Waals surface area contributed by atoms with Crippen molar-refractivity contribution in [2.75, 3.05) is 33.3 Å². The summed E-state index contributed by atoms with van der Waals surface area (Å²) in [5.74, 6) is 1.23. The van der Waals surface area contributed by atoms with Gasteiger partial charge in [-0.3, -0.25) is 9.59 Å². The van der Waals surface area contributed by atoms with Crippen LogP contribution in [0.4, 0.5) is 0 Å². The molecule has 2 amide bonds. The summed E-state index contributed by atoms with van der Waals surface area (Å²) < 4.78 is 5.45. The Labute approximate surface area is 150 Å². The number of amides is 2. The van der Waals surface area contributed by atoms with E-state index in [0.29, 0.717) is 39.0 Å². The molecule has 0 aliphatic carbocycles. The van der Waals surface area contributed by atoms with Crippen molar-refractivity contribution in [3.8, 4) is 5.75 Å². The van der Waals surface area contributed by atoms with Gasteiger partial charge < -0.3 is 14.5 Å². The van der Waals surface area contributed by atoms with E-state index in [4.69, 9.17) is 4.74 Å². The first kappa shape index (κ1) is 19.3. The largest absolute Gasteiger partial charge is 0.496 e. The maximum atomic E-state index is 12.7. The van der Waals surface area contributed by atoms with Crippen LogP contribution < -0.4 is 4.74 Å². The predicted octanol–water partition coefficient (Wildman–Crippen LogP) is 2.63. The number of carbonyl (C=O) groups is 2.